The first-order valence-electron chi connectivity index (χ1n) is 22.4. The molecule has 10 aromatic carbocycles. The smallest absolute Gasteiger partial charge is 0.0764 e. The van der Waals surface area contributed by atoms with Crippen molar-refractivity contribution in [3.05, 3.63) is 247 Å². The van der Waals surface area contributed by atoms with Crippen LogP contribution in [0, 0.1) is 0 Å². The molecule has 1 unspecified atom stereocenters. The van der Waals surface area contributed by atoms with Crippen LogP contribution >= 0.6 is 11.8 Å². The number of para-hydroxylation sites is 5. The van der Waals surface area contributed by atoms with Gasteiger partial charge >= 0.3 is 0 Å². The second-order valence-electron chi connectivity index (χ2n) is 17.6. The van der Waals surface area contributed by atoms with E-state index in [1.807, 2.05) is 11.8 Å². The van der Waals surface area contributed by atoms with E-state index in [0.717, 1.165) is 11.4 Å². The zero-order valence-electron chi connectivity index (χ0n) is 35.1. The molecule has 1 atom stereocenters. The van der Waals surface area contributed by atoms with Crippen molar-refractivity contribution >= 4 is 77.2 Å². The molecule has 15 rings (SSSR count). The monoisotopic (exact) mass is 843 g/mol. The zero-order chi connectivity index (χ0) is 42.4. The first-order chi connectivity index (χ1) is 32.3. The predicted molar refractivity (Wildman–Crippen MR) is 271 cm³/mol. The zero-order valence-corrected chi connectivity index (χ0v) is 35.9. The topological polar surface area (TPSA) is 14.8 Å². The highest BCUT2D eigenvalue weighted by Crippen LogP contribution is 2.61. The lowest BCUT2D eigenvalue weighted by molar-refractivity contribution is 0.691. The van der Waals surface area contributed by atoms with E-state index in [1.165, 1.54) is 114 Å². The number of aromatic nitrogens is 3. The van der Waals surface area contributed by atoms with E-state index >= 15 is 0 Å². The van der Waals surface area contributed by atoms with Gasteiger partial charge in [0.25, 0.3) is 0 Å². The lowest BCUT2D eigenvalue weighted by Crippen LogP contribution is -2.37. The summed E-state index contributed by atoms with van der Waals surface area (Å²) >= 11 is 1.91. The molecule has 3 nitrogen and oxygen atoms in total. The van der Waals surface area contributed by atoms with Crippen LogP contribution in [0.1, 0.15) is 22.3 Å². The minimum Gasteiger partial charge on any atom is -0.309 e. The Labute approximate surface area is 379 Å². The van der Waals surface area contributed by atoms with Crippen molar-refractivity contribution in [1.82, 2.24) is 13.7 Å². The van der Waals surface area contributed by atoms with Crippen LogP contribution in [0.3, 0.4) is 0 Å². The summed E-state index contributed by atoms with van der Waals surface area (Å²) in [4.78, 5) is 2.58. The summed E-state index contributed by atoms with van der Waals surface area (Å²) in [5.41, 5.74) is 18.1. The van der Waals surface area contributed by atoms with Crippen LogP contribution < -0.4 is 0 Å². The van der Waals surface area contributed by atoms with Gasteiger partial charge in [-0.15, -0.1) is 0 Å². The van der Waals surface area contributed by atoms with Crippen LogP contribution in [0.25, 0.3) is 93.6 Å². The third-order valence-corrected chi connectivity index (χ3v) is 15.6. The SMILES string of the molecule is c1ccc(-c2ccc(-n3c4ccccc4c4ccc(-n5c6ccccc6c6cc7c(cc65)Sc5ccccc5C75c6ccccc6-n6c7ccccc7c7cccc5c76)cc43)cc2)cc1. The van der Waals surface area contributed by atoms with Gasteiger partial charge in [0.15, 0.2) is 0 Å². The van der Waals surface area contributed by atoms with E-state index in [1.54, 1.807) is 0 Å². The van der Waals surface area contributed by atoms with Gasteiger partial charge in [-0.3, -0.25) is 0 Å². The molecule has 0 fully saturated rings. The van der Waals surface area contributed by atoms with Crippen LogP contribution in [0.2, 0.25) is 0 Å². The Bertz CT molecular complexity index is 4150. The second kappa shape index (κ2) is 13.0. The first kappa shape index (κ1) is 35.4. The number of fused-ring (bicyclic) bond motifs is 17. The summed E-state index contributed by atoms with van der Waals surface area (Å²) in [7, 11) is 0. The molecule has 0 saturated carbocycles. The van der Waals surface area contributed by atoms with Gasteiger partial charge in [-0.05, 0) is 100 Å². The maximum Gasteiger partial charge on any atom is 0.0764 e. The molecule has 0 N–H and O–H groups in total. The lowest BCUT2D eigenvalue weighted by atomic mass is 9.62. The summed E-state index contributed by atoms with van der Waals surface area (Å²) in [5.74, 6) is 0. The highest BCUT2D eigenvalue weighted by Gasteiger charge is 2.49. The molecule has 3 aromatic heterocycles. The molecule has 302 valence electrons. The van der Waals surface area contributed by atoms with Crippen molar-refractivity contribution in [3.63, 3.8) is 0 Å². The van der Waals surface area contributed by atoms with Crippen molar-refractivity contribution in [2.24, 2.45) is 0 Å². The van der Waals surface area contributed by atoms with Gasteiger partial charge in [-0.25, -0.2) is 0 Å². The van der Waals surface area contributed by atoms with Gasteiger partial charge < -0.3 is 13.7 Å². The molecule has 65 heavy (non-hydrogen) atoms. The Morgan fingerprint density at radius 3 is 1.62 bits per heavy atom. The fourth-order valence-corrected chi connectivity index (χ4v) is 13.1. The Balaban J connectivity index is 1.01. The molecule has 5 heterocycles. The van der Waals surface area contributed by atoms with E-state index in [0.29, 0.717) is 0 Å². The van der Waals surface area contributed by atoms with Crippen LogP contribution in [-0.4, -0.2) is 13.7 Å². The molecule has 0 radical (unpaired) electrons. The maximum absolute atomic E-state index is 2.56. The number of benzene rings is 10. The van der Waals surface area contributed by atoms with Crippen molar-refractivity contribution in [1.29, 1.82) is 0 Å². The molecule has 0 aliphatic carbocycles. The predicted octanol–water partition coefficient (Wildman–Crippen LogP) is 15.8. The summed E-state index contributed by atoms with van der Waals surface area (Å²) in [6, 6.07) is 83.8. The number of rotatable bonds is 3. The molecule has 4 heteroatoms. The van der Waals surface area contributed by atoms with Gasteiger partial charge in [0.1, 0.15) is 0 Å². The van der Waals surface area contributed by atoms with Crippen LogP contribution in [-0.2, 0) is 5.41 Å². The van der Waals surface area contributed by atoms with E-state index in [9.17, 15) is 0 Å². The third-order valence-electron chi connectivity index (χ3n) is 14.5. The number of nitrogens with zero attached hydrogens (tertiary/aromatic N) is 3. The van der Waals surface area contributed by atoms with E-state index < -0.39 is 5.41 Å². The van der Waals surface area contributed by atoms with Gasteiger partial charge in [-0.2, -0.15) is 0 Å². The van der Waals surface area contributed by atoms with E-state index in [-0.39, 0.29) is 0 Å². The quantitative estimate of drug-likeness (QED) is 0.173. The van der Waals surface area contributed by atoms with Crippen LogP contribution in [0.15, 0.2) is 234 Å². The van der Waals surface area contributed by atoms with Gasteiger partial charge in [0.2, 0.25) is 0 Å². The average molecular weight is 844 g/mol. The van der Waals surface area contributed by atoms with Crippen molar-refractivity contribution in [2.75, 3.05) is 0 Å². The molecule has 0 saturated heterocycles. The molecule has 0 amide bonds. The normalized spacial score (nSPS) is 15.1. The van der Waals surface area contributed by atoms with Gasteiger partial charge in [-0.1, -0.05) is 169 Å². The minimum atomic E-state index is -0.551. The number of hydrogen-bond acceptors (Lipinski definition) is 1. The maximum atomic E-state index is 2.56. The third kappa shape index (κ3) is 4.61. The average Bonchev–Trinajstić information content (AvgIpc) is 4.01. The van der Waals surface area contributed by atoms with E-state index in [2.05, 4.69) is 238 Å². The summed E-state index contributed by atoms with van der Waals surface area (Å²) in [6.45, 7) is 0. The van der Waals surface area contributed by atoms with Crippen molar-refractivity contribution in [2.45, 2.75) is 15.2 Å². The lowest BCUT2D eigenvalue weighted by Gasteiger charge is -2.45. The molecule has 0 bridgehead atoms. The molecule has 1 spiro atoms. The fraction of sp³-hybridized carbons (Fsp3) is 0.0164. The summed E-state index contributed by atoms with van der Waals surface area (Å²) < 4.78 is 7.48. The Kier molecular flexibility index (Phi) is 7.09. The molecule has 2 aliphatic rings. The largest absolute Gasteiger partial charge is 0.309 e. The van der Waals surface area contributed by atoms with Crippen molar-refractivity contribution in [3.8, 4) is 28.2 Å². The van der Waals surface area contributed by atoms with Crippen LogP contribution in [0.5, 0.6) is 0 Å². The Morgan fingerprint density at radius 1 is 0.292 bits per heavy atom. The van der Waals surface area contributed by atoms with Crippen molar-refractivity contribution < 1.29 is 0 Å². The van der Waals surface area contributed by atoms with Crippen LogP contribution in [0.4, 0.5) is 0 Å². The minimum absolute atomic E-state index is 0.551. The summed E-state index contributed by atoms with van der Waals surface area (Å²) in [6.07, 6.45) is 0. The Hall–Kier alpha value is -8.05. The van der Waals surface area contributed by atoms with Gasteiger partial charge in [0.05, 0.1) is 44.2 Å². The van der Waals surface area contributed by atoms with Gasteiger partial charge in [0, 0.05) is 53.5 Å². The number of hydrogen-bond donors (Lipinski definition) is 0. The Morgan fingerprint density at radius 2 is 0.831 bits per heavy atom. The molecular weight excluding hydrogens is 807 g/mol. The molecule has 2 aliphatic heterocycles. The highest BCUT2D eigenvalue weighted by atomic mass is 32.2. The fourth-order valence-electron chi connectivity index (χ4n) is 11.9. The second-order valence-corrected chi connectivity index (χ2v) is 18.7. The molecule has 13 aromatic rings. The standard InChI is InChI=1S/C61H37N3S/c1-2-15-38(16-3-1)39-29-31-40(32-30-39)62-52-24-9-4-17-42(52)45-34-33-41(35-56(45)62)63-53-25-10-6-19-44(53)47-36-51-59(37-57(47)63)65-58-28-13-8-22-49(58)61(51)48-21-7-12-27-55(48)64-54-26-11-5-18-43(54)46-20-14-23-50(61)60(46)64/h1-37H. The highest BCUT2D eigenvalue weighted by molar-refractivity contribution is 7.99. The molecular formula is C61H37N3S. The summed E-state index contributed by atoms with van der Waals surface area (Å²) in [5, 5.41) is 7.57. The first-order valence-corrected chi connectivity index (χ1v) is 23.2. The van der Waals surface area contributed by atoms with E-state index in [4.69, 9.17) is 0 Å².